The van der Waals surface area contributed by atoms with Gasteiger partial charge in [0, 0.05) is 69.4 Å². The third kappa shape index (κ3) is 4.42. The molecule has 0 atom stereocenters. The summed E-state index contributed by atoms with van der Waals surface area (Å²) in [6.07, 6.45) is 3.12. The van der Waals surface area contributed by atoms with Gasteiger partial charge in [0.25, 0.3) is 0 Å². The number of nitrogens with zero attached hydrogens (tertiary/aromatic N) is 5. The standard InChI is InChI=1S/C24H29N5O2/c1-3-30-24(31-4-2)29-22-8-6-5-7-20(22)21(17-25)23(29)18-27-13-15-28(16-14-27)19-9-11-26-12-10-19/h5-12,24H,3-4,13-16,18H2,1-2H3. The summed E-state index contributed by atoms with van der Waals surface area (Å²) < 4.78 is 13.9. The van der Waals surface area contributed by atoms with Crippen LogP contribution in [0.4, 0.5) is 5.69 Å². The minimum absolute atomic E-state index is 0.531. The Labute approximate surface area is 183 Å². The molecular formula is C24H29N5O2. The Balaban J connectivity index is 1.62. The number of hydrogen-bond donors (Lipinski definition) is 0. The molecule has 0 spiro atoms. The van der Waals surface area contributed by atoms with Gasteiger partial charge in [-0.2, -0.15) is 5.26 Å². The molecule has 0 radical (unpaired) electrons. The first-order valence-electron chi connectivity index (χ1n) is 10.9. The van der Waals surface area contributed by atoms with Crippen LogP contribution < -0.4 is 4.90 Å². The number of ether oxygens (including phenoxy) is 2. The molecule has 0 amide bonds. The Morgan fingerprint density at radius 2 is 1.68 bits per heavy atom. The highest BCUT2D eigenvalue weighted by Gasteiger charge is 2.26. The van der Waals surface area contributed by atoms with E-state index in [-0.39, 0.29) is 0 Å². The summed E-state index contributed by atoms with van der Waals surface area (Å²) in [4.78, 5) is 8.89. The predicted octanol–water partition coefficient (Wildman–Crippen LogP) is 3.76. The topological polar surface area (TPSA) is 66.6 Å². The molecule has 0 saturated carbocycles. The normalized spacial score (nSPS) is 15.0. The van der Waals surface area contributed by atoms with Crippen molar-refractivity contribution in [2.45, 2.75) is 26.8 Å². The molecule has 1 aliphatic rings. The minimum atomic E-state index is -0.546. The average molecular weight is 420 g/mol. The van der Waals surface area contributed by atoms with Crippen LogP contribution in [0.5, 0.6) is 0 Å². The molecule has 0 aliphatic carbocycles. The maximum absolute atomic E-state index is 10.0. The van der Waals surface area contributed by atoms with E-state index in [1.165, 1.54) is 5.69 Å². The molecule has 162 valence electrons. The van der Waals surface area contributed by atoms with Crippen molar-refractivity contribution in [1.82, 2.24) is 14.5 Å². The van der Waals surface area contributed by atoms with Gasteiger partial charge >= 0.3 is 0 Å². The highest BCUT2D eigenvalue weighted by molar-refractivity contribution is 5.88. The Bertz CT molecular complexity index is 1030. The van der Waals surface area contributed by atoms with Crippen molar-refractivity contribution in [3.05, 3.63) is 60.0 Å². The second-order valence-electron chi connectivity index (χ2n) is 7.51. The quantitative estimate of drug-likeness (QED) is 0.518. The van der Waals surface area contributed by atoms with Crippen molar-refractivity contribution in [3.63, 3.8) is 0 Å². The van der Waals surface area contributed by atoms with Crippen molar-refractivity contribution < 1.29 is 9.47 Å². The third-order valence-electron chi connectivity index (χ3n) is 5.73. The van der Waals surface area contributed by atoms with E-state index in [4.69, 9.17) is 9.47 Å². The van der Waals surface area contributed by atoms with Gasteiger partial charge < -0.3 is 14.4 Å². The zero-order valence-electron chi connectivity index (χ0n) is 18.2. The fourth-order valence-electron chi connectivity index (χ4n) is 4.25. The molecule has 0 bridgehead atoms. The maximum Gasteiger partial charge on any atom is 0.244 e. The molecule has 4 rings (SSSR count). The molecule has 3 heterocycles. The Kier molecular flexibility index (Phi) is 6.82. The van der Waals surface area contributed by atoms with Crippen LogP contribution in [0, 0.1) is 11.3 Å². The molecular weight excluding hydrogens is 390 g/mol. The minimum Gasteiger partial charge on any atom is -0.369 e. The van der Waals surface area contributed by atoms with E-state index in [1.807, 2.05) is 50.5 Å². The summed E-state index contributed by atoms with van der Waals surface area (Å²) in [6.45, 7) is 9.37. The summed E-state index contributed by atoms with van der Waals surface area (Å²) >= 11 is 0. The lowest BCUT2D eigenvalue weighted by molar-refractivity contribution is -0.185. The monoisotopic (exact) mass is 419 g/mol. The van der Waals surface area contributed by atoms with Crippen LogP contribution in [0.25, 0.3) is 10.9 Å². The van der Waals surface area contributed by atoms with Crippen molar-refractivity contribution in [2.75, 3.05) is 44.3 Å². The zero-order chi connectivity index (χ0) is 21.6. The summed E-state index contributed by atoms with van der Waals surface area (Å²) in [7, 11) is 0. The summed E-state index contributed by atoms with van der Waals surface area (Å²) in [5.41, 5.74) is 3.83. The van der Waals surface area contributed by atoms with Crippen molar-refractivity contribution in [3.8, 4) is 6.07 Å². The van der Waals surface area contributed by atoms with Gasteiger partial charge in [-0.1, -0.05) is 18.2 Å². The van der Waals surface area contributed by atoms with Crippen molar-refractivity contribution >= 4 is 16.6 Å². The van der Waals surface area contributed by atoms with Crippen LogP contribution >= 0.6 is 0 Å². The number of pyridine rings is 1. The van der Waals surface area contributed by atoms with E-state index < -0.39 is 6.41 Å². The molecule has 1 aromatic carbocycles. The van der Waals surface area contributed by atoms with E-state index in [9.17, 15) is 5.26 Å². The Morgan fingerprint density at radius 3 is 2.32 bits per heavy atom. The highest BCUT2D eigenvalue weighted by Crippen LogP contribution is 2.31. The molecule has 7 heteroatoms. The van der Waals surface area contributed by atoms with Crippen molar-refractivity contribution in [2.24, 2.45) is 0 Å². The maximum atomic E-state index is 10.0. The lowest BCUT2D eigenvalue weighted by Gasteiger charge is -2.36. The largest absolute Gasteiger partial charge is 0.369 e. The molecule has 0 unspecified atom stereocenters. The lowest BCUT2D eigenvalue weighted by Crippen LogP contribution is -2.46. The molecule has 3 aromatic rings. The van der Waals surface area contributed by atoms with Gasteiger partial charge in [0.05, 0.1) is 16.8 Å². The highest BCUT2D eigenvalue weighted by atomic mass is 16.7. The van der Waals surface area contributed by atoms with Gasteiger partial charge in [-0.15, -0.1) is 0 Å². The molecule has 1 saturated heterocycles. The lowest BCUT2D eigenvalue weighted by atomic mass is 10.1. The number of rotatable bonds is 8. The van der Waals surface area contributed by atoms with E-state index in [2.05, 4.69) is 37.6 Å². The number of anilines is 1. The van der Waals surface area contributed by atoms with Crippen LogP contribution in [0.2, 0.25) is 0 Å². The van der Waals surface area contributed by atoms with Crippen LogP contribution in [0.1, 0.15) is 31.5 Å². The summed E-state index contributed by atoms with van der Waals surface area (Å²) in [5, 5.41) is 11.0. The van der Waals surface area contributed by atoms with Crippen LogP contribution in [-0.4, -0.2) is 53.8 Å². The SMILES string of the molecule is CCOC(OCC)n1c(CN2CCN(c3ccncc3)CC2)c(C#N)c2ccccc21. The molecule has 31 heavy (non-hydrogen) atoms. The van der Waals surface area contributed by atoms with Crippen LogP contribution in [-0.2, 0) is 16.0 Å². The Hall–Kier alpha value is -2.92. The van der Waals surface area contributed by atoms with Gasteiger partial charge in [0.1, 0.15) is 6.07 Å². The average Bonchev–Trinajstić information content (AvgIpc) is 3.12. The molecule has 2 aromatic heterocycles. The number of benzene rings is 1. The second-order valence-corrected chi connectivity index (χ2v) is 7.51. The van der Waals surface area contributed by atoms with Gasteiger partial charge in [-0.3, -0.25) is 14.5 Å². The number of piperazine rings is 1. The van der Waals surface area contributed by atoms with E-state index in [0.29, 0.717) is 25.3 Å². The predicted molar refractivity (Wildman–Crippen MR) is 121 cm³/mol. The molecule has 7 nitrogen and oxygen atoms in total. The van der Waals surface area contributed by atoms with Crippen molar-refractivity contribution in [1.29, 1.82) is 5.26 Å². The molecule has 0 N–H and O–H groups in total. The first kappa shape index (κ1) is 21.3. The summed E-state index contributed by atoms with van der Waals surface area (Å²) in [6, 6.07) is 14.6. The fourth-order valence-corrected chi connectivity index (χ4v) is 4.25. The zero-order valence-corrected chi connectivity index (χ0v) is 18.2. The van der Waals surface area contributed by atoms with Gasteiger partial charge in [-0.25, -0.2) is 0 Å². The van der Waals surface area contributed by atoms with Crippen LogP contribution in [0.15, 0.2) is 48.8 Å². The van der Waals surface area contributed by atoms with Gasteiger partial charge in [0.15, 0.2) is 0 Å². The third-order valence-corrected chi connectivity index (χ3v) is 5.73. The Morgan fingerprint density at radius 1 is 1.00 bits per heavy atom. The number of aromatic nitrogens is 2. The first-order chi connectivity index (χ1) is 15.3. The smallest absolute Gasteiger partial charge is 0.244 e. The number of para-hydroxylation sites is 1. The van der Waals surface area contributed by atoms with E-state index in [1.54, 1.807) is 0 Å². The molecule has 1 fully saturated rings. The number of fused-ring (bicyclic) bond motifs is 1. The van der Waals surface area contributed by atoms with Gasteiger partial charge in [-0.05, 0) is 32.0 Å². The van der Waals surface area contributed by atoms with E-state index in [0.717, 1.165) is 42.8 Å². The molecule has 1 aliphatic heterocycles. The van der Waals surface area contributed by atoms with Gasteiger partial charge in [0.2, 0.25) is 6.41 Å². The summed E-state index contributed by atoms with van der Waals surface area (Å²) in [5.74, 6) is 0. The van der Waals surface area contributed by atoms with Crippen LogP contribution in [0.3, 0.4) is 0 Å². The number of nitriles is 1. The second kappa shape index (κ2) is 9.92. The number of hydrogen-bond acceptors (Lipinski definition) is 6. The fraction of sp³-hybridized carbons (Fsp3) is 0.417. The first-order valence-corrected chi connectivity index (χ1v) is 10.9. The van der Waals surface area contributed by atoms with E-state index >= 15 is 0 Å².